The zero-order valence-electron chi connectivity index (χ0n) is 15.7. The van der Waals surface area contributed by atoms with Crippen LogP contribution in [0, 0.1) is 16.7 Å². The molecular weight excluding hydrogens is 382 g/mol. The summed E-state index contributed by atoms with van der Waals surface area (Å²) in [7, 11) is -3.63. The Labute approximate surface area is 164 Å². The fraction of sp³-hybridized carbons (Fsp3) is 0.550. The molecule has 0 saturated heterocycles. The molecule has 0 unspecified atom stereocenters. The second-order valence-corrected chi connectivity index (χ2v) is 11.4. The molecular formula is C20H25NO4S2. The Kier molecular flexibility index (Phi) is 4.60. The van der Waals surface area contributed by atoms with E-state index in [1.165, 1.54) is 15.6 Å². The molecule has 2 aliphatic rings. The average molecular weight is 408 g/mol. The molecule has 0 radical (unpaired) electrons. The number of fused-ring (bicyclic) bond motifs is 2. The summed E-state index contributed by atoms with van der Waals surface area (Å²) in [5.74, 6) is 0.345. The summed E-state index contributed by atoms with van der Waals surface area (Å²) >= 11 is 1.54. The summed E-state index contributed by atoms with van der Waals surface area (Å²) < 4.78 is 33.6. The van der Waals surface area contributed by atoms with Crippen LogP contribution in [0.2, 0.25) is 0 Å². The predicted octanol–water partition coefficient (Wildman–Crippen LogP) is 4.07. The van der Waals surface area contributed by atoms with E-state index in [4.69, 9.17) is 4.42 Å². The van der Waals surface area contributed by atoms with Crippen LogP contribution in [-0.4, -0.2) is 24.3 Å². The van der Waals surface area contributed by atoms with Gasteiger partial charge in [-0.15, -0.1) is 11.3 Å². The molecule has 4 rings (SSSR count). The van der Waals surface area contributed by atoms with Crippen molar-refractivity contribution in [2.75, 3.05) is 5.75 Å². The molecule has 2 heterocycles. The van der Waals surface area contributed by atoms with Gasteiger partial charge in [-0.1, -0.05) is 19.9 Å². The lowest BCUT2D eigenvalue weighted by Gasteiger charge is -2.37. The Hall–Kier alpha value is -1.44. The number of hydrogen-bond acceptors (Lipinski definition) is 5. The molecule has 2 aliphatic carbocycles. The van der Waals surface area contributed by atoms with Crippen LogP contribution in [0.1, 0.15) is 43.6 Å². The van der Waals surface area contributed by atoms with Crippen molar-refractivity contribution in [3.63, 3.8) is 0 Å². The van der Waals surface area contributed by atoms with Crippen LogP contribution in [0.4, 0.5) is 0 Å². The quantitative estimate of drug-likeness (QED) is 0.694. The lowest BCUT2D eigenvalue weighted by molar-refractivity contribution is -0.128. The van der Waals surface area contributed by atoms with Crippen LogP contribution in [-0.2, 0) is 27.9 Å². The van der Waals surface area contributed by atoms with Gasteiger partial charge in [0.05, 0.1) is 18.3 Å². The topological polar surface area (TPSA) is 67.6 Å². The van der Waals surface area contributed by atoms with Crippen molar-refractivity contribution in [1.29, 1.82) is 0 Å². The molecule has 2 saturated carbocycles. The number of carbonyl (C=O) groups excluding carboxylic acids is 1. The van der Waals surface area contributed by atoms with E-state index in [2.05, 4.69) is 13.8 Å². The molecule has 2 aromatic rings. The van der Waals surface area contributed by atoms with Crippen LogP contribution in [0.25, 0.3) is 0 Å². The Morgan fingerprint density at radius 2 is 2.11 bits per heavy atom. The summed E-state index contributed by atoms with van der Waals surface area (Å²) in [4.78, 5) is 13.8. The normalized spacial score (nSPS) is 26.9. The molecule has 0 amide bonds. The highest BCUT2D eigenvalue weighted by Gasteiger charge is 2.65. The van der Waals surface area contributed by atoms with Crippen LogP contribution < -0.4 is 0 Å². The Balaban J connectivity index is 1.65. The number of carbonyl (C=O) groups is 1. The number of sulfonamides is 1. The van der Waals surface area contributed by atoms with Gasteiger partial charge in [0.25, 0.3) is 0 Å². The van der Waals surface area contributed by atoms with Crippen LogP contribution in [0.15, 0.2) is 40.5 Å². The molecule has 2 atom stereocenters. The average Bonchev–Trinajstić information content (AvgIpc) is 3.35. The highest BCUT2D eigenvalue weighted by atomic mass is 32.2. The van der Waals surface area contributed by atoms with Gasteiger partial charge < -0.3 is 4.42 Å². The highest BCUT2D eigenvalue weighted by Crippen LogP contribution is 2.64. The fourth-order valence-corrected chi connectivity index (χ4v) is 7.89. The third kappa shape index (κ3) is 3.09. The van der Waals surface area contributed by atoms with E-state index in [1.807, 2.05) is 17.5 Å². The van der Waals surface area contributed by atoms with E-state index in [0.29, 0.717) is 25.3 Å². The van der Waals surface area contributed by atoms with E-state index in [-0.39, 0.29) is 23.5 Å². The molecule has 2 aromatic heterocycles. The fourth-order valence-electron chi connectivity index (χ4n) is 4.93. The maximum Gasteiger partial charge on any atom is 0.215 e. The number of hydrogen-bond donors (Lipinski definition) is 0. The summed E-state index contributed by atoms with van der Waals surface area (Å²) in [6.45, 7) is 4.72. The SMILES string of the molecule is CC1(C)[C@H]2CC[C@@]1(CS(=O)(=O)N(Cc1ccoc1)Cc1cccs1)C(=O)C2. The molecule has 27 heavy (non-hydrogen) atoms. The third-order valence-electron chi connectivity index (χ3n) is 6.81. The minimum Gasteiger partial charge on any atom is -0.472 e. The Morgan fingerprint density at radius 3 is 2.67 bits per heavy atom. The van der Waals surface area contributed by atoms with Crippen LogP contribution >= 0.6 is 11.3 Å². The molecule has 5 nitrogen and oxygen atoms in total. The van der Waals surface area contributed by atoms with E-state index in [9.17, 15) is 13.2 Å². The summed E-state index contributed by atoms with van der Waals surface area (Å²) in [6.07, 6.45) is 5.28. The lowest BCUT2D eigenvalue weighted by atomic mass is 9.70. The Morgan fingerprint density at radius 1 is 1.30 bits per heavy atom. The van der Waals surface area contributed by atoms with Crippen molar-refractivity contribution in [3.05, 3.63) is 46.5 Å². The maximum atomic E-state index is 13.5. The van der Waals surface area contributed by atoms with Crippen LogP contribution in [0.5, 0.6) is 0 Å². The molecule has 146 valence electrons. The molecule has 0 aromatic carbocycles. The molecule has 0 aliphatic heterocycles. The van der Waals surface area contributed by atoms with E-state index in [1.54, 1.807) is 18.6 Å². The van der Waals surface area contributed by atoms with E-state index in [0.717, 1.165) is 16.9 Å². The van der Waals surface area contributed by atoms with Gasteiger partial charge in [0.1, 0.15) is 5.78 Å². The molecule has 0 spiro atoms. The number of rotatable bonds is 7. The first-order chi connectivity index (χ1) is 12.7. The van der Waals surface area contributed by atoms with Gasteiger partial charge in [0, 0.05) is 35.4 Å². The van der Waals surface area contributed by atoms with Gasteiger partial charge in [-0.25, -0.2) is 8.42 Å². The Bertz CT molecular complexity index is 879. The van der Waals surface area contributed by atoms with Crippen LogP contribution in [0.3, 0.4) is 0 Å². The number of ketones is 1. The highest BCUT2D eigenvalue weighted by molar-refractivity contribution is 7.89. The number of nitrogens with zero attached hydrogens (tertiary/aromatic N) is 1. The van der Waals surface area contributed by atoms with Gasteiger partial charge in [0.2, 0.25) is 10.0 Å². The molecule has 2 bridgehead atoms. The molecule has 7 heteroatoms. The standard InChI is InChI=1S/C20H25NO4S2/c1-19(2)16-5-7-20(19,18(22)10-16)14-27(23,24)21(11-15-6-8-25-13-15)12-17-4-3-9-26-17/h3-4,6,8-9,13,16H,5,7,10-12,14H2,1-2H3/t16-,20+/m0/s1. The van der Waals surface area contributed by atoms with Gasteiger partial charge in [-0.2, -0.15) is 4.31 Å². The zero-order valence-corrected chi connectivity index (χ0v) is 17.3. The van der Waals surface area contributed by atoms with Crippen molar-refractivity contribution in [2.24, 2.45) is 16.7 Å². The number of furan rings is 1. The van der Waals surface area contributed by atoms with E-state index >= 15 is 0 Å². The van der Waals surface area contributed by atoms with Gasteiger partial charge in [-0.05, 0) is 41.7 Å². The number of thiophene rings is 1. The molecule has 0 N–H and O–H groups in total. The summed E-state index contributed by atoms with van der Waals surface area (Å²) in [6, 6.07) is 5.65. The first kappa shape index (κ1) is 18.9. The largest absolute Gasteiger partial charge is 0.472 e. The lowest BCUT2D eigenvalue weighted by Crippen LogP contribution is -2.46. The van der Waals surface area contributed by atoms with Gasteiger partial charge in [0.15, 0.2) is 0 Å². The first-order valence-electron chi connectivity index (χ1n) is 9.29. The third-order valence-corrected chi connectivity index (χ3v) is 9.58. The van der Waals surface area contributed by atoms with Crippen molar-refractivity contribution in [2.45, 2.75) is 46.2 Å². The van der Waals surface area contributed by atoms with Crippen molar-refractivity contribution in [1.82, 2.24) is 4.31 Å². The smallest absolute Gasteiger partial charge is 0.215 e. The number of Topliss-reactive ketones (excluding diaryl/α,β-unsaturated/α-hetero) is 1. The minimum atomic E-state index is -3.63. The first-order valence-corrected chi connectivity index (χ1v) is 11.8. The van der Waals surface area contributed by atoms with E-state index < -0.39 is 15.4 Å². The second-order valence-electron chi connectivity index (χ2n) is 8.40. The molecule has 2 fully saturated rings. The monoisotopic (exact) mass is 407 g/mol. The van der Waals surface area contributed by atoms with Crippen molar-refractivity contribution < 1.29 is 17.6 Å². The van der Waals surface area contributed by atoms with Crippen molar-refractivity contribution in [3.8, 4) is 0 Å². The zero-order chi connectivity index (χ0) is 19.3. The second kappa shape index (κ2) is 6.57. The predicted molar refractivity (Wildman–Crippen MR) is 105 cm³/mol. The summed E-state index contributed by atoms with van der Waals surface area (Å²) in [5.41, 5.74) is -0.198. The maximum absolute atomic E-state index is 13.5. The van der Waals surface area contributed by atoms with Gasteiger partial charge >= 0.3 is 0 Å². The van der Waals surface area contributed by atoms with Crippen molar-refractivity contribution >= 4 is 27.1 Å². The summed E-state index contributed by atoms with van der Waals surface area (Å²) in [5, 5.41) is 1.95. The minimum absolute atomic E-state index is 0.0917. The van der Waals surface area contributed by atoms with Gasteiger partial charge in [-0.3, -0.25) is 4.79 Å².